The van der Waals surface area contributed by atoms with Crippen molar-refractivity contribution in [2.75, 3.05) is 20.2 Å². The number of hydrogen-bond donors (Lipinski definition) is 0. The third-order valence-electron chi connectivity index (χ3n) is 4.67. The first kappa shape index (κ1) is 19.1. The molecule has 0 unspecified atom stereocenters. The zero-order valence-electron chi connectivity index (χ0n) is 15.1. The number of para-hydroxylation sites is 1. The lowest BCUT2D eigenvalue weighted by Gasteiger charge is -2.35. The van der Waals surface area contributed by atoms with Gasteiger partial charge in [-0.3, -0.25) is 0 Å². The minimum Gasteiger partial charge on any atom is -0.496 e. The molecule has 9 heteroatoms. The minimum absolute atomic E-state index is 0.0934. The van der Waals surface area contributed by atoms with Crippen LogP contribution in [0.3, 0.4) is 0 Å². The van der Waals surface area contributed by atoms with Gasteiger partial charge in [-0.1, -0.05) is 39.3 Å². The van der Waals surface area contributed by atoms with Gasteiger partial charge >= 0.3 is 0 Å². The molecule has 1 aliphatic heterocycles. The Hall–Kier alpha value is -2.23. The fraction of sp³-hybridized carbons (Fsp3) is 0.263. The fourth-order valence-electron chi connectivity index (χ4n) is 3.07. The van der Waals surface area contributed by atoms with E-state index in [1.54, 1.807) is 31.4 Å². The summed E-state index contributed by atoms with van der Waals surface area (Å²) in [5.74, 6) is 1.69. The third kappa shape index (κ3) is 3.69. The van der Waals surface area contributed by atoms with Crippen molar-refractivity contribution in [3.05, 3.63) is 70.3 Å². The maximum atomic E-state index is 12.6. The van der Waals surface area contributed by atoms with E-state index in [2.05, 4.69) is 26.1 Å². The lowest BCUT2D eigenvalue weighted by atomic mass is 10.0. The van der Waals surface area contributed by atoms with Gasteiger partial charge in [0.05, 0.1) is 17.9 Å². The predicted molar refractivity (Wildman–Crippen MR) is 106 cm³/mol. The first-order valence-corrected chi connectivity index (χ1v) is 10.9. The van der Waals surface area contributed by atoms with Gasteiger partial charge in [0.1, 0.15) is 5.75 Å². The summed E-state index contributed by atoms with van der Waals surface area (Å²) in [6.45, 7) is 0.656. The highest BCUT2D eigenvalue weighted by Crippen LogP contribution is 2.32. The molecule has 7 nitrogen and oxygen atoms in total. The Kier molecular flexibility index (Phi) is 5.22. The summed E-state index contributed by atoms with van der Waals surface area (Å²) in [6, 6.07) is 14.3. The second kappa shape index (κ2) is 7.65. The van der Waals surface area contributed by atoms with Gasteiger partial charge in [0.25, 0.3) is 0 Å². The number of methoxy groups -OCH3 is 1. The molecule has 3 aromatic rings. The summed E-state index contributed by atoms with van der Waals surface area (Å²) in [5.41, 5.74) is 0.963. The van der Waals surface area contributed by atoms with Crippen LogP contribution in [0.1, 0.15) is 23.2 Å². The van der Waals surface area contributed by atoms with Crippen molar-refractivity contribution in [3.8, 4) is 5.75 Å². The Balaban J connectivity index is 1.42. The highest BCUT2D eigenvalue weighted by molar-refractivity contribution is 9.10. The number of nitrogens with zero attached hydrogens (tertiary/aromatic N) is 3. The molecule has 2 aromatic carbocycles. The quantitative estimate of drug-likeness (QED) is 0.557. The van der Waals surface area contributed by atoms with Gasteiger partial charge in [0.15, 0.2) is 5.82 Å². The molecular weight excluding hydrogens is 446 g/mol. The Morgan fingerprint density at radius 2 is 1.89 bits per heavy atom. The molecule has 4 rings (SSSR count). The first-order valence-electron chi connectivity index (χ1n) is 8.67. The number of hydrogen-bond acceptors (Lipinski definition) is 6. The van der Waals surface area contributed by atoms with Crippen LogP contribution < -0.4 is 4.74 Å². The number of halogens is 1. The van der Waals surface area contributed by atoms with Crippen molar-refractivity contribution < 1.29 is 17.7 Å². The van der Waals surface area contributed by atoms with E-state index in [9.17, 15) is 8.42 Å². The first-order chi connectivity index (χ1) is 13.5. The predicted octanol–water partition coefficient (Wildman–Crippen LogP) is 3.22. The van der Waals surface area contributed by atoms with E-state index >= 15 is 0 Å². The smallest absolute Gasteiger partial charge is 0.243 e. The van der Waals surface area contributed by atoms with E-state index in [0.717, 1.165) is 15.8 Å². The van der Waals surface area contributed by atoms with Gasteiger partial charge in [-0.15, -0.1) is 0 Å². The summed E-state index contributed by atoms with van der Waals surface area (Å²) in [7, 11) is -1.88. The molecule has 146 valence electrons. The van der Waals surface area contributed by atoms with Crippen LogP contribution in [0.25, 0.3) is 0 Å². The van der Waals surface area contributed by atoms with Crippen molar-refractivity contribution in [1.29, 1.82) is 0 Å². The molecule has 28 heavy (non-hydrogen) atoms. The number of rotatable bonds is 6. The summed E-state index contributed by atoms with van der Waals surface area (Å²) < 4.78 is 38.3. The molecule has 0 saturated carbocycles. The largest absolute Gasteiger partial charge is 0.496 e. The average molecular weight is 464 g/mol. The third-order valence-corrected chi connectivity index (χ3v) is 7.05. The molecule has 0 spiro atoms. The molecule has 0 amide bonds. The van der Waals surface area contributed by atoms with Crippen LogP contribution in [0.5, 0.6) is 5.75 Å². The van der Waals surface area contributed by atoms with Crippen molar-refractivity contribution in [2.24, 2.45) is 0 Å². The van der Waals surface area contributed by atoms with Crippen LogP contribution >= 0.6 is 15.9 Å². The van der Waals surface area contributed by atoms with Gasteiger partial charge in [0.2, 0.25) is 15.9 Å². The standard InChI is InChI=1S/C19H18BrN3O4S/c1-26-17-5-3-2-4-13(17)10-18-21-19(27-22-18)14-11-23(12-14)28(24,25)16-8-6-15(20)7-9-16/h2-9,14H,10-12H2,1H3. The second-order valence-electron chi connectivity index (χ2n) is 6.51. The molecule has 0 N–H and O–H groups in total. The van der Waals surface area contributed by atoms with Crippen LogP contribution in [0.15, 0.2) is 62.4 Å². The highest BCUT2D eigenvalue weighted by atomic mass is 79.9. The summed E-state index contributed by atoms with van der Waals surface area (Å²) >= 11 is 3.31. The Bertz CT molecular complexity index is 1080. The summed E-state index contributed by atoms with van der Waals surface area (Å²) in [6.07, 6.45) is 0.487. The second-order valence-corrected chi connectivity index (χ2v) is 9.36. The summed E-state index contributed by atoms with van der Waals surface area (Å²) in [4.78, 5) is 4.72. The van der Waals surface area contributed by atoms with E-state index in [1.165, 1.54) is 4.31 Å². The average Bonchev–Trinajstić information content (AvgIpc) is 3.09. The summed E-state index contributed by atoms with van der Waals surface area (Å²) in [5, 5.41) is 4.03. The van der Waals surface area contributed by atoms with Gasteiger partial charge in [-0.05, 0) is 30.3 Å². The fourth-order valence-corrected chi connectivity index (χ4v) is 4.87. The molecule has 0 bridgehead atoms. The maximum absolute atomic E-state index is 12.6. The van der Waals surface area contributed by atoms with Gasteiger partial charge < -0.3 is 9.26 Å². The monoisotopic (exact) mass is 463 g/mol. The van der Waals surface area contributed by atoms with Crippen LogP contribution in [0.2, 0.25) is 0 Å². The van der Waals surface area contributed by atoms with Crippen LogP contribution in [0.4, 0.5) is 0 Å². The SMILES string of the molecule is COc1ccccc1Cc1noc(C2CN(S(=O)(=O)c3ccc(Br)cc3)C2)n1. The topological polar surface area (TPSA) is 85.5 Å². The van der Waals surface area contributed by atoms with Crippen molar-refractivity contribution >= 4 is 26.0 Å². The maximum Gasteiger partial charge on any atom is 0.243 e. The molecule has 1 aliphatic rings. The van der Waals surface area contributed by atoms with Crippen LogP contribution in [0, 0.1) is 0 Å². The van der Waals surface area contributed by atoms with Crippen molar-refractivity contribution in [1.82, 2.24) is 14.4 Å². The molecule has 1 fully saturated rings. The molecule has 0 atom stereocenters. The van der Waals surface area contributed by atoms with E-state index in [0.29, 0.717) is 31.2 Å². The number of sulfonamides is 1. The Morgan fingerprint density at radius 1 is 1.18 bits per heavy atom. The van der Waals surface area contributed by atoms with E-state index in [-0.39, 0.29) is 10.8 Å². The lowest BCUT2D eigenvalue weighted by molar-refractivity contribution is 0.216. The van der Waals surface area contributed by atoms with Crippen molar-refractivity contribution in [3.63, 3.8) is 0 Å². The normalized spacial score (nSPS) is 15.4. The zero-order valence-corrected chi connectivity index (χ0v) is 17.5. The molecule has 1 aromatic heterocycles. The minimum atomic E-state index is -3.50. The Morgan fingerprint density at radius 3 is 2.61 bits per heavy atom. The van der Waals surface area contributed by atoms with Gasteiger partial charge in [0, 0.05) is 29.5 Å². The molecule has 1 saturated heterocycles. The van der Waals surface area contributed by atoms with Gasteiger partial charge in [-0.2, -0.15) is 9.29 Å². The Labute approximate surface area is 171 Å². The number of ether oxygens (including phenoxy) is 1. The van der Waals surface area contributed by atoms with Crippen LogP contribution in [-0.4, -0.2) is 43.1 Å². The lowest BCUT2D eigenvalue weighted by Crippen LogP contribution is -2.48. The van der Waals surface area contributed by atoms with E-state index < -0.39 is 10.0 Å². The number of aromatic nitrogens is 2. The van der Waals surface area contributed by atoms with E-state index in [1.807, 2.05) is 24.3 Å². The molecule has 0 aliphatic carbocycles. The molecule has 0 radical (unpaired) electrons. The molecular formula is C19H18BrN3O4S. The molecule has 2 heterocycles. The zero-order chi connectivity index (χ0) is 19.7. The highest BCUT2D eigenvalue weighted by Gasteiger charge is 2.40. The van der Waals surface area contributed by atoms with Gasteiger partial charge in [-0.25, -0.2) is 8.42 Å². The van der Waals surface area contributed by atoms with Crippen LogP contribution in [-0.2, 0) is 16.4 Å². The van der Waals surface area contributed by atoms with Crippen molar-refractivity contribution in [2.45, 2.75) is 17.2 Å². The number of benzene rings is 2. The van der Waals surface area contributed by atoms with E-state index in [4.69, 9.17) is 9.26 Å².